The molecule has 1 saturated heterocycles. The maximum atomic E-state index is 6.16. The van der Waals surface area contributed by atoms with Gasteiger partial charge in [-0.1, -0.05) is 12.1 Å². The topological polar surface area (TPSA) is 17.4 Å². The van der Waals surface area contributed by atoms with Crippen LogP contribution in [0.1, 0.15) is 12.1 Å². The summed E-state index contributed by atoms with van der Waals surface area (Å²) in [6.07, 6.45) is 1.64. The Morgan fingerprint density at radius 3 is 3.00 bits per heavy atom. The third-order valence-corrected chi connectivity index (χ3v) is 4.18. The molecular formula is C15H18N2O. The van der Waals surface area contributed by atoms with E-state index in [4.69, 9.17) is 4.74 Å². The molecular weight excluding hydrogens is 224 g/mol. The van der Waals surface area contributed by atoms with Crippen LogP contribution in [0.3, 0.4) is 0 Å². The number of likely N-dealkylation sites (tertiary alicyclic amines) is 1. The van der Waals surface area contributed by atoms with E-state index < -0.39 is 0 Å². The number of aryl methyl sites for hydroxylation is 1. The number of rotatable bonds is 2. The summed E-state index contributed by atoms with van der Waals surface area (Å²) in [6, 6.07) is 8.61. The number of benzene rings is 1. The molecule has 0 radical (unpaired) electrons. The van der Waals surface area contributed by atoms with Gasteiger partial charge in [-0.15, -0.1) is 0 Å². The first-order chi connectivity index (χ1) is 8.81. The first-order valence-electron chi connectivity index (χ1n) is 6.79. The Labute approximate surface area is 107 Å². The quantitative estimate of drug-likeness (QED) is 0.804. The van der Waals surface area contributed by atoms with Crippen LogP contribution >= 0.6 is 0 Å². The average molecular weight is 242 g/mol. The molecule has 1 atom stereocenters. The number of nitrogens with zero attached hydrogens (tertiary/aromatic N) is 2. The summed E-state index contributed by atoms with van der Waals surface area (Å²) >= 11 is 0. The average Bonchev–Trinajstić information content (AvgIpc) is 2.63. The van der Waals surface area contributed by atoms with Crippen molar-refractivity contribution in [3.63, 3.8) is 0 Å². The van der Waals surface area contributed by atoms with Crippen LogP contribution in [-0.2, 0) is 6.54 Å². The van der Waals surface area contributed by atoms with E-state index in [-0.39, 0.29) is 0 Å². The third-order valence-electron chi connectivity index (χ3n) is 4.18. The summed E-state index contributed by atoms with van der Waals surface area (Å²) in [6.45, 7) is 6.72. The van der Waals surface area contributed by atoms with Gasteiger partial charge in [-0.05, 0) is 38.6 Å². The fourth-order valence-electron chi connectivity index (χ4n) is 3.12. The number of ether oxygens (including phenoxy) is 1. The lowest BCUT2D eigenvalue weighted by molar-refractivity contribution is 0.0792. The lowest BCUT2D eigenvalue weighted by atomic mass is 10.1. The van der Waals surface area contributed by atoms with E-state index in [0.717, 1.165) is 18.8 Å². The van der Waals surface area contributed by atoms with Crippen molar-refractivity contribution >= 4 is 10.9 Å². The lowest BCUT2D eigenvalue weighted by Crippen LogP contribution is -2.46. The fraction of sp³-hybridized carbons (Fsp3) is 0.467. The number of aromatic nitrogens is 1. The van der Waals surface area contributed by atoms with Gasteiger partial charge in [-0.3, -0.25) is 4.90 Å². The van der Waals surface area contributed by atoms with Gasteiger partial charge in [0.15, 0.2) is 0 Å². The summed E-state index contributed by atoms with van der Waals surface area (Å²) < 4.78 is 8.58. The SMILES string of the molecule is Cc1cc2cccc3c2n1CC(CN1CCC1)O3. The zero-order valence-electron chi connectivity index (χ0n) is 10.7. The van der Waals surface area contributed by atoms with Crippen molar-refractivity contribution in [3.8, 4) is 5.75 Å². The highest BCUT2D eigenvalue weighted by molar-refractivity contribution is 5.87. The van der Waals surface area contributed by atoms with Gasteiger partial charge in [0, 0.05) is 17.6 Å². The molecule has 2 aliphatic rings. The van der Waals surface area contributed by atoms with Crippen molar-refractivity contribution in [2.45, 2.75) is 26.0 Å². The Morgan fingerprint density at radius 2 is 2.22 bits per heavy atom. The molecule has 0 bridgehead atoms. The predicted octanol–water partition coefficient (Wildman–Crippen LogP) is 2.42. The second-order valence-electron chi connectivity index (χ2n) is 5.48. The van der Waals surface area contributed by atoms with Crippen LogP contribution in [0.5, 0.6) is 5.75 Å². The van der Waals surface area contributed by atoms with Gasteiger partial charge in [0.25, 0.3) is 0 Å². The van der Waals surface area contributed by atoms with E-state index in [1.54, 1.807) is 0 Å². The van der Waals surface area contributed by atoms with Crippen LogP contribution < -0.4 is 4.74 Å². The van der Waals surface area contributed by atoms with E-state index in [1.807, 2.05) is 0 Å². The van der Waals surface area contributed by atoms with Gasteiger partial charge < -0.3 is 9.30 Å². The number of hydrogen-bond acceptors (Lipinski definition) is 2. The molecule has 0 amide bonds. The fourth-order valence-corrected chi connectivity index (χ4v) is 3.12. The molecule has 18 heavy (non-hydrogen) atoms. The van der Waals surface area contributed by atoms with E-state index in [1.165, 1.54) is 36.1 Å². The van der Waals surface area contributed by atoms with Gasteiger partial charge in [0.1, 0.15) is 11.9 Å². The van der Waals surface area contributed by atoms with E-state index in [0.29, 0.717) is 6.10 Å². The largest absolute Gasteiger partial charge is 0.485 e. The molecule has 94 valence electrons. The molecule has 1 fully saturated rings. The highest BCUT2D eigenvalue weighted by Gasteiger charge is 2.26. The molecule has 0 aliphatic carbocycles. The van der Waals surface area contributed by atoms with E-state index >= 15 is 0 Å². The smallest absolute Gasteiger partial charge is 0.144 e. The second-order valence-corrected chi connectivity index (χ2v) is 5.48. The normalized spacial score (nSPS) is 22.8. The molecule has 2 aromatic rings. The predicted molar refractivity (Wildman–Crippen MR) is 72.1 cm³/mol. The summed E-state index contributed by atoms with van der Waals surface area (Å²) in [5, 5.41) is 1.30. The van der Waals surface area contributed by atoms with Crippen molar-refractivity contribution in [2.24, 2.45) is 0 Å². The summed E-state index contributed by atoms with van der Waals surface area (Å²) in [7, 11) is 0. The highest BCUT2D eigenvalue weighted by Crippen LogP contribution is 2.33. The Morgan fingerprint density at radius 1 is 1.33 bits per heavy atom. The molecule has 3 nitrogen and oxygen atoms in total. The standard InChI is InChI=1S/C15H18N2O/c1-11-8-12-4-2-5-14-15(12)17(11)10-13(18-14)9-16-6-3-7-16/h2,4-5,8,13H,3,6-7,9-10H2,1H3. The van der Waals surface area contributed by atoms with Gasteiger partial charge in [-0.25, -0.2) is 0 Å². The van der Waals surface area contributed by atoms with Crippen LogP contribution in [0.2, 0.25) is 0 Å². The minimum absolute atomic E-state index is 0.300. The summed E-state index contributed by atoms with van der Waals surface area (Å²) in [4.78, 5) is 2.48. The molecule has 4 rings (SSSR count). The van der Waals surface area contributed by atoms with Gasteiger partial charge in [-0.2, -0.15) is 0 Å². The molecule has 3 heteroatoms. The lowest BCUT2D eigenvalue weighted by Gasteiger charge is -2.36. The van der Waals surface area contributed by atoms with Crippen LogP contribution in [0.15, 0.2) is 24.3 Å². The van der Waals surface area contributed by atoms with Crippen LogP contribution in [0, 0.1) is 6.92 Å². The Kier molecular flexibility index (Phi) is 2.18. The van der Waals surface area contributed by atoms with Crippen LogP contribution in [0.4, 0.5) is 0 Å². The van der Waals surface area contributed by atoms with Crippen molar-refractivity contribution in [1.82, 2.24) is 9.47 Å². The number of hydrogen-bond donors (Lipinski definition) is 0. The first kappa shape index (κ1) is 10.4. The van der Waals surface area contributed by atoms with Crippen molar-refractivity contribution in [2.75, 3.05) is 19.6 Å². The maximum absolute atomic E-state index is 6.16. The van der Waals surface area contributed by atoms with Crippen LogP contribution in [-0.4, -0.2) is 35.2 Å². The molecule has 3 heterocycles. The van der Waals surface area contributed by atoms with E-state index in [2.05, 4.69) is 40.7 Å². The molecule has 1 unspecified atom stereocenters. The van der Waals surface area contributed by atoms with Gasteiger partial charge in [0.05, 0.1) is 12.1 Å². The van der Waals surface area contributed by atoms with Crippen molar-refractivity contribution in [1.29, 1.82) is 0 Å². The molecule has 1 aromatic heterocycles. The highest BCUT2D eigenvalue weighted by atomic mass is 16.5. The third kappa shape index (κ3) is 1.47. The molecule has 2 aliphatic heterocycles. The minimum atomic E-state index is 0.300. The number of para-hydroxylation sites is 1. The van der Waals surface area contributed by atoms with Crippen LogP contribution in [0.25, 0.3) is 10.9 Å². The zero-order chi connectivity index (χ0) is 12.1. The molecule has 0 spiro atoms. The van der Waals surface area contributed by atoms with Gasteiger partial charge >= 0.3 is 0 Å². The Bertz CT molecular complexity index is 598. The Hall–Kier alpha value is -1.48. The summed E-state index contributed by atoms with van der Waals surface area (Å²) in [5.41, 5.74) is 2.62. The Balaban J connectivity index is 1.70. The second kappa shape index (κ2) is 3.75. The maximum Gasteiger partial charge on any atom is 0.144 e. The molecule has 0 N–H and O–H groups in total. The van der Waals surface area contributed by atoms with Crippen molar-refractivity contribution in [3.05, 3.63) is 30.0 Å². The van der Waals surface area contributed by atoms with Gasteiger partial charge in [0.2, 0.25) is 0 Å². The minimum Gasteiger partial charge on any atom is -0.485 e. The van der Waals surface area contributed by atoms with E-state index in [9.17, 15) is 0 Å². The first-order valence-corrected chi connectivity index (χ1v) is 6.79. The monoisotopic (exact) mass is 242 g/mol. The molecule has 0 saturated carbocycles. The summed E-state index contributed by atoms with van der Waals surface area (Å²) in [5.74, 6) is 1.05. The molecule has 1 aromatic carbocycles. The van der Waals surface area contributed by atoms with Crippen molar-refractivity contribution < 1.29 is 4.74 Å². The zero-order valence-corrected chi connectivity index (χ0v) is 10.7.